The Balaban J connectivity index is 1.38. The van der Waals surface area contributed by atoms with Crippen LogP contribution in [-0.4, -0.2) is 52.0 Å². The van der Waals surface area contributed by atoms with Gasteiger partial charge < -0.3 is 20.1 Å². The second-order valence-corrected chi connectivity index (χ2v) is 7.29. The molecule has 0 unspecified atom stereocenters. The third-order valence-corrected chi connectivity index (χ3v) is 5.33. The Morgan fingerprint density at radius 2 is 1.71 bits per heavy atom. The van der Waals surface area contributed by atoms with Crippen molar-refractivity contribution in [1.82, 2.24) is 14.6 Å². The molecule has 2 aromatic heterocycles. The van der Waals surface area contributed by atoms with E-state index >= 15 is 0 Å². The first-order valence-electron chi connectivity index (χ1n) is 10.1. The van der Waals surface area contributed by atoms with Crippen LogP contribution in [0.1, 0.15) is 10.4 Å². The molecule has 8 nitrogen and oxygen atoms in total. The van der Waals surface area contributed by atoms with Gasteiger partial charge in [0.15, 0.2) is 0 Å². The molecule has 1 aliphatic heterocycles. The lowest BCUT2D eigenvalue weighted by molar-refractivity contribution is 0.0697. The Kier molecular flexibility index (Phi) is 4.97. The van der Waals surface area contributed by atoms with Gasteiger partial charge in [-0.15, -0.1) is 5.10 Å². The minimum absolute atomic E-state index is 0.252. The van der Waals surface area contributed by atoms with E-state index < -0.39 is 5.97 Å². The number of nitrogens with one attached hydrogen (secondary N) is 1. The highest BCUT2D eigenvalue weighted by molar-refractivity contribution is 5.88. The number of morpholine rings is 1. The molecule has 1 aliphatic rings. The van der Waals surface area contributed by atoms with Crippen LogP contribution in [0.3, 0.4) is 0 Å². The third kappa shape index (κ3) is 3.93. The summed E-state index contributed by atoms with van der Waals surface area (Å²) in [5.41, 5.74) is 4.91. The smallest absolute Gasteiger partial charge is 0.335 e. The van der Waals surface area contributed by atoms with E-state index in [1.54, 1.807) is 35.0 Å². The molecule has 2 aromatic carbocycles. The minimum atomic E-state index is -0.944. The van der Waals surface area contributed by atoms with Crippen LogP contribution in [-0.2, 0) is 4.74 Å². The quantitative estimate of drug-likeness (QED) is 0.514. The van der Waals surface area contributed by atoms with Crippen LogP contribution in [0.15, 0.2) is 66.9 Å². The Bertz CT molecular complexity index is 1210. The van der Waals surface area contributed by atoms with Gasteiger partial charge in [-0.25, -0.2) is 14.3 Å². The molecule has 5 rings (SSSR count). The van der Waals surface area contributed by atoms with Gasteiger partial charge in [0.2, 0.25) is 5.95 Å². The number of anilines is 3. The lowest BCUT2D eigenvalue weighted by atomic mass is 10.1. The zero-order valence-electron chi connectivity index (χ0n) is 16.7. The van der Waals surface area contributed by atoms with Crippen molar-refractivity contribution < 1.29 is 14.6 Å². The molecule has 31 heavy (non-hydrogen) atoms. The monoisotopic (exact) mass is 415 g/mol. The van der Waals surface area contributed by atoms with Gasteiger partial charge in [0.25, 0.3) is 0 Å². The number of carbonyl (C=O) groups is 1. The summed E-state index contributed by atoms with van der Waals surface area (Å²) >= 11 is 0. The fourth-order valence-electron chi connectivity index (χ4n) is 3.67. The number of hydrogen-bond acceptors (Lipinski definition) is 6. The fraction of sp³-hybridized carbons (Fsp3) is 0.174. The van der Waals surface area contributed by atoms with E-state index in [4.69, 9.17) is 9.84 Å². The van der Waals surface area contributed by atoms with Crippen molar-refractivity contribution >= 4 is 28.8 Å². The highest BCUT2D eigenvalue weighted by Gasteiger charge is 2.12. The van der Waals surface area contributed by atoms with Gasteiger partial charge in [-0.05, 0) is 48.5 Å². The maximum atomic E-state index is 11.1. The molecule has 1 saturated heterocycles. The average Bonchev–Trinajstić information content (AvgIpc) is 3.23. The van der Waals surface area contributed by atoms with E-state index in [9.17, 15) is 4.79 Å². The summed E-state index contributed by atoms with van der Waals surface area (Å²) in [5, 5.41) is 17.0. The molecule has 0 spiro atoms. The van der Waals surface area contributed by atoms with Crippen LogP contribution >= 0.6 is 0 Å². The number of aromatic nitrogens is 3. The van der Waals surface area contributed by atoms with Crippen LogP contribution in [0, 0.1) is 0 Å². The number of carboxylic acids is 1. The molecule has 4 aromatic rings. The number of aromatic carboxylic acids is 1. The topological polar surface area (TPSA) is 92.0 Å². The van der Waals surface area contributed by atoms with Gasteiger partial charge in [-0.3, -0.25) is 0 Å². The van der Waals surface area contributed by atoms with Crippen molar-refractivity contribution in [2.45, 2.75) is 0 Å². The highest BCUT2D eigenvalue weighted by atomic mass is 16.5. The van der Waals surface area contributed by atoms with Gasteiger partial charge >= 0.3 is 5.97 Å². The van der Waals surface area contributed by atoms with E-state index in [0.29, 0.717) is 5.95 Å². The van der Waals surface area contributed by atoms with E-state index in [2.05, 4.69) is 32.4 Å². The molecule has 0 atom stereocenters. The standard InChI is InChI=1S/C23H21N5O3/c29-22(30)17-3-1-16(2-4-17)21-10-9-20-15-24-23(26-28(20)21)25-18-5-7-19(8-6-18)27-11-13-31-14-12-27/h1-10,15H,11-14H2,(H,25,26)(H,29,30). The van der Waals surface area contributed by atoms with Crippen molar-refractivity contribution in [3.8, 4) is 11.3 Å². The van der Waals surface area contributed by atoms with Crippen LogP contribution in [0.25, 0.3) is 16.8 Å². The summed E-state index contributed by atoms with van der Waals surface area (Å²) in [6, 6.07) is 18.8. The molecule has 0 aliphatic carbocycles. The predicted molar refractivity (Wildman–Crippen MR) is 118 cm³/mol. The summed E-state index contributed by atoms with van der Waals surface area (Å²) in [6.07, 6.45) is 1.76. The zero-order valence-corrected chi connectivity index (χ0v) is 16.7. The Hall–Kier alpha value is -3.91. The molecule has 1 fully saturated rings. The van der Waals surface area contributed by atoms with Crippen molar-refractivity contribution in [2.24, 2.45) is 0 Å². The fourth-order valence-corrected chi connectivity index (χ4v) is 3.67. The summed E-state index contributed by atoms with van der Waals surface area (Å²) in [4.78, 5) is 17.8. The number of rotatable bonds is 5. The largest absolute Gasteiger partial charge is 0.478 e. The predicted octanol–water partition coefficient (Wildman–Crippen LogP) is 3.67. The molecular weight excluding hydrogens is 394 g/mol. The highest BCUT2D eigenvalue weighted by Crippen LogP contribution is 2.24. The number of benzene rings is 2. The molecule has 0 radical (unpaired) electrons. The molecule has 3 heterocycles. The number of carboxylic acid groups (broad SMARTS) is 1. The number of fused-ring (bicyclic) bond motifs is 1. The van der Waals surface area contributed by atoms with Crippen LogP contribution in [0.2, 0.25) is 0 Å². The van der Waals surface area contributed by atoms with E-state index in [-0.39, 0.29) is 5.56 Å². The summed E-state index contributed by atoms with van der Waals surface area (Å²) in [5.74, 6) is -0.466. The second kappa shape index (κ2) is 8.08. The third-order valence-electron chi connectivity index (χ3n) is 5.33. The average molecular weight is 415 g/mol. The Labute approximate surface area is 178 Å². The van der Waals surface area contributed by atoms with Crippen molar-refractivity contribution in [1.29, 1.82) is 0 Å². The van der Waals surface area contributed by atoms with E-state index in [1.165, 1.54) is 5.69 Å². The van der Waals surface area contributed by atoms with Crippen LogP contribution in [0.4, 0.5) is 17.3 Å². The lowest BCUT2D eigenvalue weighted by Gasteiger charge is -2.28. The van der Waals surface area contributed by atoms with Gasteiger partial charge in [0, 0.05) is 30.0 Å². The summed E-state index contributed by atoms with van der Waals surface area (Å²) in [6.45, 7) is 3.31. The number of ether oxygens (including phenoxy) is 1. The minimum Gasteiger partial charge on any atom is -0.478 e. The SMILES string of the molecule is O=C(O)c1ccc(-c2ccc3cnc(Nc4ccc(N5CCOCC5)cc4)nn23)cc1. The summed E-state index contributed by atoms with van der Waals surface area (Å²) in [7, 11) is 0. The van der Waals surface area contributed by atoms with Gasteiger partial charge in [0.05, 0.1) is 36.2 Å². The van der Waals surface area contributed by atoms with Gasteiger partial charge in [0.1, 0.15) is 0 Å². The Morgan fingerprint density at radius 3 is 2.42 bits per heavy atom. The first-order valence-corrected chi connectivity index (χ1v) is 10.1. The molecule has 156 valence electrons. The lowest BCUT2D eigenvalue weighted by Crippen LogP contribution is -2.36. The molecular formula is C23H21N5O3. The zero-order chi connectivity index (χ0) is 21.2. The van der Waals surface area contributed by atoms with Crippen molar-refractivity contribution in [3.05, 3.63) is 72.4 Å². The van der Waals surface area contributed by atoms with E-state index in [0.717, 1.165) is 48.8 Å². The Morgan fingerprint density at radius 1 is 0.968 bits per heavy atom. The molecule has 0 bridgehead atoms. The molecule has 2 N–H and O–H groups in total. The van der Waals surface area contributed by atoms with Gasteiger partial charge in [-0.2, -0.15) is 0 Å². The maximum absolute atomic E-state index is 11.1. The number of nitrogens with zero attached hydrogens (tertiary/aromatic N) is 4. The van der Waals surface area contributed by atoms with Crippen LogP contribution in [0.5, 0.6) is 0 Å². The first kappa shape index (κ1) is 19.1. The van der Waals surface area contributed by atoms with Gasteiger partial charge in [-0.1, -0.05) is 12.1 Å². The van der Waals surface area contributed by atoms with E-state index in [1.807, 2.05) is 24.3 Å². The molecule has 0 amide bonds. The normalized spacial score (nSPS) is 14.0. The first-order chi connectivity index (χ1) is 15.2. The maximum Gasteiger partial charge on any atom is 0.335 e. The second-order valence-electron chi connectivity index (χ2n) is 7.29. The number of hydrogen-bond donors (Lipinski definition) is 2. The molecule has 8 heteroatoms. The summed E-state index contributed by atoms with van der Waals surface area (Å²) < 4.78 is 7.21. The molecule has 0 saturated carbocycles. The van der Waals surface area contributed by atoms with Crippen LogP contribution < -0.4 is 10.2 Å². The van der Waals surface area contributed by atoms with Crippen molar-refractivity contribution in [2.75, 3.05) is 36.5 Å². The van der Waals surface area contributed by atoms with Crippen molar-refractivity contribution in [3.63, 3.8) is 0 Å².